The Balaban J connectivity index is 0.00000100. The standard InChI is InChI=1S/2C10H8N2O3.C10H10N2O.C8H6N2O2.C8H7N.C5H10O2.C2H5B2O3.C2H3ClO.C2H3N.C2H6O.CH4/c2*1-7(13)11-6-10(12(14)15)8-4-2-3-5-9(8)11;1-7(13)12-6-9(11)8-4-2-3-5-10(8)12;11-10(12)8-5-9-7-4-2-1-3-6(7)8;1-2-4-8-7(3-1)5-6-9-8;1-5(2,3)7-4-6;1-3-7-6-2-4-5;1-2(3)4;2*1-2-3;/h2*2-6H,1H3;2-6H,11H2,1H3;1-5,9H;1-6,9H;4H,1-3H3;2H2,1H3;1H3;1H3;3H,2H2,1H3;1H4. The van der Waals surface area contributed by atoms with Gasteiger partial charge >= 0.3 is 42.4 Å². The summed E-state index contributed by atoms with van der Waals surface area (Å²) in [7, 11) is 1.97. The first-order chi connectivity index (χ1) is 41.7. The van der Waals surface area contributed by atoms with Crippen molar-refractivity contribution in [2.24, 2.45) is 0 Å². The van der Waals surface area contributed by atoms with E-state index in [1.807, 2.05) is 75.5 Å². The van der Waals surface area contributed by atoms with E-state index < -0.39 is 14.8 Å². The number of aliphatic hydroxyl groups is 1. The zero-order valence-corrected chi connectivity index (χ0v) is 50.6. The van der Waals surface area contributed by atoms with Gasteiger partial charge in [0.15, 0.2) is 0 Å². The van der Waals surface area contributed by atoms with Gasteiger partial charge in [0.2, 0.25) is 23.0 Å². The largest absolute Gasteiger partial charge is 0.361 e. The van der Waals surface area contributed by atoms with Crippen LogP contribution in [-0.2, 0) is 28.7 Å². The molecule has 5 aromatic carbocycles. The van der Waals surface area contributed by atoms with Crippen molar-refractivity contribution in [2.75, 3.05) is 18.8 Å². The van der Waals surface area contributed by atoms with Gasteiger partial charge in [-0.15, -0.1) is 0 Å². The molecular formula is C60H70B2ClN10O16. The van der Waals surface area contributed by atoms with Crippen molar-refractivity contribution in [1.82, 2.24) is 23.7 Å². The van der Waals surface area contributed by atoms with E-state index in [2.05, 4.69) is 54.2 Å². The summed E-state index contributed by atoms with van der Waals surface area (Å²) < 4.78 is 18.1. The van der Waals surface area contributed by atoms with Gasteiger partial charge in [-0.25, -0.2) is 0 Å². The second-order valence-electron chi connectivity index (χ2n) is 18.0. The van der Waals surface area contributed by atoms with Crippen molar-refractivity contribution >= 4 is 133 Å². The number of rotatable bonds is 8. The van der Waals surface area contributed by atoms with E-state index in [9.17, 15) is 59.0 Å². The molecule has 0 atom stereocenters. The summed E-state index contributed by atoms with van der Waals surface area (Å²) >= 11 is 4.64. The van der Waals surface area contributed by atoms with Crippen molar-refractivity contribution in [2.45, 2.75) is 82.2 Å². The molecule has 0 aliphatic carbocycles. The maximum atomic E-state index is 11.2. The van der Waals surface area contributed by atoms with Gasteiger partial charge in [0.05, 0.1) is 83.3 Å². The molecule has 89 heavy (non-hydrogen) atoms. The van der Waals surface area contributed by atoms with Gasteiger partial charge in [-0.05, 0) is 99.3 Å². The third kappa shape index (κ3) is 27.2. The van der Waals surface area contributed by atoms with Gasteiger partial charge in [-0.2, -0.15) is 5.26 Å². The number of halogens is 1. The van der Waals surface area contributed by atoms with Crippen LogP contribution < -0.4 is 5.73 Å². The summed E-state index contributed by atoms with van der Waals surface area (Å²) in [6.45, 7) is 16.5. The molecule has 0 unspecified atom stereocenters. The van der Waals surface area contributed by atoms with E-state index in [-0.39, 0.29) is 66.2 Å². The average molecular weight is 1240 g/mol. The molecule has 0 saturated carbocycles. The third-order valence-electron chi connectivity index (χ3n) is 10.5. The number of nitrogens with one attached hydrogen (secondary N) is 2. The summed E-state index contributed by atoms with van der Waals surface area (Å²) in [6.07, 6.45) is 7.53. The number of nitrogens with two attached hydrogens (primary N) is 1. The predicted octanol–water partition coefficient (Wildman–Crippen LogP) is 13.1. The first-order valence-corrected chi connectivity index (χ1v) is 26.4. The number of ether oxygens (including phenoxy) is 1. The second-order valence-corrected chi connectivity index (χ2v) is 18.5. The van der Waals surface area contributed by atoms with Crippen molar-refractivity contribution in [3.63, 3.8) is 0 Å². The van der Waals surface area contributed by atoms with Crippen LogP contribution in [0, 0.1) is 41.7 Å². The number of H-pyrrole nitrogens is 2. The minimum absolute atomic E-state index is 0. The van der Waals surface area contributed by atoms with E-state index in [1.54, 1.807) is 91.2 Å². The Hall–Kier alpha value is -10.5. The molecule has 0 saturated heterocycles. The summed E-state index contributed by atoms with van der Waals surface area (Å²) in [5.74, 6) is -0.494. The first-order valence-electron chi connectivity index (χ1n) is 26.0. The minimum atomic E-state index is -0.484. The Kier molecular flexibility index (Phi) is 36.7. The SMILES string of the molecule is C.CC#N.CC(=O)Cl.CC(=O)n1cc(N)c2ccccc21.CC(=O)n1cc([N+](=O)[O-])c2ccccc21.CC(=O)n1cc([N+](=O)[O-])c2ccccc21.CC(C)(C)OC=O.CCO.C[B]OOCB=O.O=[N+]([O-])c1c[nH]c2ccccc12.c1ccc2[nH]ccc2c1. The predicted molar refractivity (Wildman–Crippen MR) is 345 cm³/mol. The van der Waals surface area contributed by atoms with Gasteiger partial charge in [-0.3, -0.25) is 68.0 Å². The smallest absolute Gasteiger partial charge is 0.294 e. The van der Waals surface area contributed by atoms with Crippen LogP contribution in [0.5, 0.6) is 0 Å². The number of nitro groups is 3. The molecule has 5 aromatic heterocycles. The van der Waals surface area contributed by atoms with Crippen LogP contribution in [0.4, 0.5) is 22.7 Å². The van der Waals surface area contributed by atoms with E-state index >= 15 is 0 Å². The molecule has 469 valence electrons. The third-order valence-corrected chi connectivity index (χ3v) is 10.5. The van der Waals surface area contributed by atoms with Gasteiger partial charge < -0.3 is 25.5 Å². The van der Waals surface area contributed by atoms with Gasteiger partial charge in [0.1, 0.15) is 5.60 Å². The Bertz CT molecular complexity index is 3700. The average Bonchev–Trinajstić information content (AvgIpc) is 1.77. The number of nitrogen functional groups attached to an aromatic ring is 1. The number of fused-ring (bicyclic) bond motifs is 5. The van der Waals surface area contributed by atoms with Crippen LogP contribution in [0.3, 0.4) is 0 Å². The monoisotopic (exact) mass is 1240 g/mol. The minimum Gasteiger partial charge on any atom is -0.361 e. The quantitative estimate of drug-likeness (QED) is 0.0209. The fourth-order valence-corrected chi connectivity index (χ4v) is 7.08. The number of aromatic amines is 2. The van der Waals surface area contributed by atoms with Crippen molar-refractivity contribution in [3.05, 3.63) is 189 Å². The second kappa shape index (κ2) is 41.6. The van der Waals surface area contributed by atoms with Crippen molar-refractivity contribution in [1.29, 1.82) is 5.26 Å². The van der Waals surface area contributed by atoms with Crippen LogP contribution in [0.1, 0.15) is 84.1 Å². The normalized spacial score (nSPS) is 9.52. The summed E-state index contributed by atoms with van der Waals surface area (Å²) in [4.78, 5) is 97.4. The summed E-state index contributed by atoms with van der Waals surface area (Å²) in [5.41, 5.74) is 10.1. The Labute approximate surface area is 518 Å². The van der Waals surface area contributed by atoms with Gasteiger partial charge in [0.25, 0.3) is 23.5 Å². The summed E-state index contributed by atoms with van der Waals surface area (Å²) in [5, 5.41) is 50.3. The van der Waals surface area contributed by atoms with Crippen molar-refractivity contribution in [3.8, 4) is 6.07 Å². The van der Waals surface area contributed by atoms with Crippen LogP contribution in [0.2, 0.25) is 6.82 Å². The fourth-order valence-electron chi connectivity index (χ4n) is 7.08. The zero-order valence-electron chi connectivity index (χ0n) is 49.8. The molecule has 10 rings (SSSR count). The molecule has 0 spiro atoms. The maximum Gasteiger partial charge on any atom is 0.294 e. The molecule has 0 fully saturated rings. The number of nitrogens with zero attached hydrogens (tertiary/aromatic N) is 7. The zero-order chi connectivity index (χ0) is 66.5. The number of hydrogen-bond donors (Lipinski definition) is 4. The molecule has 5 heterocycles. The number of carbonyl (C=O) groups is 5. The van der Waals surface area contributed by atoms with E-state index in [4.69, 9.17) is 16.1 Å². The number of hydrogen-bond acceptors (Lipinski definition) is 18. The van der Waals surface area contributed by atoms with Crippen molar-refractivity contribution < 1.29 is 63.0 Å². The number of aliphatic hydroxyl groups excluding tert-OH is 1. The van der Waals surface area contributed by atoms with E-state index in [0.29, 0.717) is 46.5 Å². The van der Waals surface area contributed by atoms with Gasteiger partial charge in [0, 0.05) is 64.5 Å². The topological polar surface area (TPSA) is 376 Å². The Morgan fingerprint density at radius 2 is 1.04 bits per heavy atom. The number of para-hydroxylation sites is 5. The number of anilines is 1. The molecular weight excluding hydrogens is 1170 g/mol. The number of nitriles is 1. The van der Waals surface area contributed by atoms with Crippen LogP contribution in [0.15, 0.2) is 158 Å². The number of benzene rings is 5. The van der Waals surface area contributed by atoms with Gasteiger partial charge in [-0.1, -0.05) is 80.2 Å². The number of aromatic nitrogens is 5. The molecule has 0 aliphatic heterocycles. The first kappa shape index (κ1) is 78.5. The molecule has 5 N–H and O–H groups in total. The molecule has 1 radical (unpaired) electrons. The Morgan fingerprint density at radius 3 is 1.42 bits per heavy atom. The molecule has 29 heteroatoms. The molecule has 0 bridgehead atoms. The Morgan fingerprint density at radius 1 is 0.674 bits per heavy atom. The van der Waals surface area contributed by atoms with Crippen LogP contribution >= 0.6 is 11.6 Å². The molecule has 0 aliphatic rings. The maximum absolute atomic E-state index is 11.2. The summed E-state index contributed by atoms with van der Waals surface area (Å²) in [6, 6.07) is 40.3. The fraction of sp³-hybridized carbons (Fsp3) is 0.233. The van der Waals surface area contributed by atoms with E-state index in [0.717, 1.165) is 16.4 Å². The molecule has 10 aromatic rings. The number of carbonyl (C=O) groups excluding carboxylic acids is 5. The molecule has 26 nitrogen and oxygen atoms in total. The van der Waals surface area contributed by atoms with E-state index in [1.165, 1.54) is 80.7 Å². The van der Waals surface area contributed by atoms with Crippen LogP contribution in [-0.4, -0.2) is 106 Å². The molecule has 0 amide bonds. The van der Waals surface area contributed by atoms with Crippen LogP contribution in [0.25, 0.3) is 54.5 Å².